The fraction of sp³-hybridized carbons (Fsp3) is 0.364. The number of carbonyl (C=O) groups is 1. The molecule has 0 aliphatic rings. The highest BCUT2D eigenvalue weighted by atomic mass is 32.2. The number of carboxylic acid groups (broad SMARTS) is 1. The summed E-state index contributed by atoms with van der Waals surface area (Å²) in [7, 11) is -3.98. The molecule has 0 aromatic heterocycles. The summed E-state index contributed by atoms with van der Waals surface area (Å²) in [6.45, 7) is 1.44. The second-order valence-electron chi connectivity index (χ2n) is 3.93. The molecule has 104 valence electrons. The molecule has 0 saturated carbocycles. The zero-order valence-corrected chi connectivity index (χ0v) is 11.0. The van der Waals surface area contributed by atoms with Crippen molar-refractivity contribution in [3.8, 4) is 0 Å². The molecule has 0 aliphatic heterocycles. The Morgan fingerprint density at radius 3 is 2.47 bits per heavy atom. The molecule has 0 heterocycles. The van der Waals surface area contributed by atoms with Gasteiger partial charge in [-0.1, -0.05) is 25.1 Å². The molecule has 0 radical (unpaired) electrons. The lowest BCUT2D eigenvalue weighted by molar-refractivity contribution is -0.385. The normalized spacial score (nSPS) is 12.9. The first-order valence-corrected chi connectivity index (χ1v) is 7.17. The summed E-state index contributed by atoms with van der Waals surface area (Å²) in [4.78, 5) is 21.0. The minimum atomic E-state index is -3.98. The van der Waals surface area contributed by atoms with Crippen molar-refractivity contribution in [2.45, 2.75) is 24.3 Å². The Bertz CT molecular complexity index is 595. The summed E-state index contributed by atoms with van der Waals surface area (Å²) < 4.78 is 23.9. The summed E-state index contributed by atoms with van der Waals surface area (Å²) in [6, 6.07) is 5.39. The molecule has 0 spiro atoms. The molecule has 1 N–H and O–H groups in total. The van der Waals surface area contributed by atoms with E-state index in [0.29, 0.717) is 0 Å². The number of nitro benzene ring substituents is 1. The molecule has 0 saturated heterocycles. The van der Waals surface area contributed by atoms with Gasteiger partial charge in [-0.3, -0.25) is 14.9 Å². The molecule has 0 bridgehead atoms. The summed E-state index contributed by atoms with van der Waals surface area (Å²) in [6.07, 6.45) is -0.0850. The Hall–Kier alpha value is -1.96. The van der Waals surface area contributed by atoms with Crippen molar-refractivity contribution >= 4 is 21.5 Å². The van der Waals surface area contributed by atoms with Crippen LogP contribution in [0.4, 0.5) is 5.69 Å². The summed E-state index contributed by atoms with van der Waals surface area (Å²) in [5.74, 6) is -2.10. The van der Waals surface area contributed by atoms with E-state index >= 15 is 0 Å². The van der Waals surface area contributed by atoms with Gasteiger partial charge in [0.2, 0.25) is 0 Å². The predicted molar refractivity (Wildman–Crippen MR) is 67.4 cm³/mol. The van der Waals surface area contributed by atoms with Gasteiger partial charge in [-0.25, -0.2) is 8.42 Å². The van der Waals surface area contributed by atoms with Crippen LogP contribution in [0.15, 0.2) is 24.3 Å². The Morgan fingerprint density at radius 2 is 2.00 bits per heavy atom. The molecule has 7 nitrogen and oxygen atoms in total. The van der Waals surface area contributed by atoms with Gasteiger partial charge >= 0.3 is 5.97 Å². The van der Waals surface area contributed by atoms with Crippen LogP contribution in [0.1, 0.15) is 18.9 Å². The van der Waals surface area contributed by atoms with Gasteiger partial charge in [0.15, 0.2) is 15.1 Å². The zero-order valence-electron chi connectivity index (χ0n) is 10.1. The van der Waals surface area contributed by atoms with Crippen LogP contribution >= 0.6 is 0 Å². The number of carboxylic acids is 1. The highest BCUT2D eigenvalue weighted by Crippen LogP contribution is 2.22. The van der Waals surface area contributed by atoms with E-state index in [2.05, 4.69) is 0 Å². The lowest BCUT2D eigenvalue weighted by atomic mass is 10.2. The third kappa shape index (κ3) is 3.50. The molecule has 0 amide bonds. The highest BCUT2D eigenvalue weighted by molar-refractivity contribution is 7.92. The first-order chi connectivity index (χ1) is 8.79. The number of aliphatic carboxylic acids is 1. The third-order valence-corrected chi connectivity index (χ3v) is 4.74. The average molecular weight is 287 g/mol. The van der Waals surface area contributed by atoms with E-state index in [9.17, 15) is 23.3 Å². The number of para-hydroxylation sites is 1. The van der Waals surface area contributed by atoms with E-state index in [0.717, 1.165) is 0 Å². The van der Waals surface area contributed by atoms with E-state index in [-0.39, 0.29) is 17.7 Å². The average Bonchev–Trinajstić information content (AvgIpc) is 2.28. The van der Waals surface area contributed by atoms with Crippen molar-refractivity contribution in [1.29, 1.82) is 0 Å². The monoisotopic (exact) mass is 287 g/mol. The number of sulfone groups is 1. The van der Waals surface area contributed by atoms with Gasteiger partial charge in [0, 0.05) is 11.6 Å². The number of nitrogens with zero attached hydrogens (tertiary/aromatic N) is 1. The van der Waals surface area contributed by atoms with E-state index < -0.39 is 31.7 Å². The van der Waals surface area contributed by atoms with Crippen molar-refractivity contribution in [1.82, 2.24) is 0 Å². The van der Waals surface area contributed by atoms with Crippen molar-refractivity contribution < 1.29 is 23.2 Å². The first-order valence-electron chi connectivity index (χ1n) is 5.46. The zero-order chi connectivity index (χ0) is 14.6. The molecule has 1 unspecified atom stereocenters. The van der Waals surface area contributed by atoms with Crippen LogP contribution in [0.3, 0.4) is 0 Å². The summed E-state index contributed by atoms with van der Waals surface area (Å²) in [5.41, 5.74) is -0.335. The highest BCUT2D eigenvalue weighted by Gasteiger charge is 2.32. The van der Waals surface area contributed by atoms with Crippen molar-refractivity contribution in [3.63, 3.8) is 0 Å². The minimum absolute atomic E-state index is 0.00722. The fourth-order valence-electron chi connectivity index (χ4n) is 1.71. The lowest BCUT2D eigenvalue weighted by Crippen LogP contribution is -2.30. The molecular weight excluding hydrogens is 274 g/mol. The van der Waals surface area contributed by atoms with Gasteiger partial charge in [0.1, 0.15) is 0 Å². The Morgan fingerprint density at radius 1 is 1.42 bits per heavy atom. The fourth-order valence-corrected chi connectivity index (χ4v) is 3.40. The number of hydrogen-bond acceptors (Lipinski definition) is 5. The van der Waals surface area contributed by atoms with Gasteiger partial charge in [-0.05, 0) is 6.42 Å². The molecule has 1 rings (SSSR count). The standard InChI is InChI=1S/C11H13NO6S/c1-2-10(11(13)14)19(17,18)7-8-5-3-4-6-9(8)12(15)16/h3-6,10H,2,7H2,1H3,(H,13,14). The molecule has 0 aliphatic carbocycles. The maximum absolute atomic E-state index is 11.9. The van der Waals surface area contributed by atoms with Gasteiger partial charge in [-0.15, -0.1) is 0 Å². The van der Waals surface area contributed by atoms with Crippen LogP contribution in [0.2, 0.25) is 0 Å². The minimum Gasteiger partial charge on any atom is -0.480 e. The van der Waals surface area contributed by atoms with Crippen LogP contribution in [-0.2, 0) is 20.4 Å². The van der Waals surface area contributed by atoms with Crippen molar-refractivity contribution in [2.24, 2.45) is 0 Å². The van der Waals surface area contributed by atoms with Crippen molar-refractivity contribution in [2.75, 3.05) is 0 Å². The molecule has 1 atom stereocenters. The lowest BCUT2D eigenvalue weighted by Gasteiger charge is -2.11. The Kier molecular flexibility index (Phi) is 4.60. The smallest absolute Gasteiger partial charge is 0.321 e. The number of hydrogen-bond donors (Lipinski definition) is 1. The molecular formula is C11H13NO6S. The SMILES string of the molecule is CCC(C(=O)O)S(=O)(=O)Cc1ccccc1[N+](=O)[O-]. The quantitative estimate of drug-likeness (QED) is 0.624. The molecule has 19 heavy (non-hydrogen) atoms. The topological polar surface area (TPSA) is 115 Å². The van der Waals surface area contributed by atoms with Gasteiger partial charge < -0.3 is 5.11 Å². The van der Waals surface area contributed by atoms with Gasteiger partial charge in [-0.2, -0.15) is 0 Å². The predicted octanol–water partition coefficient (Wildman–Crippen LogP) is 1.37. The Labute approximate surface area is 109 Å². The van der Waals surface area contributed by atoms with Crippen LogP contribution in [-0.4, -0.2) is 29.7 Å². The number of nitro groups is 1. The van der Waals surface area contributed by atoms with Crippen molar-refractivity contribution in [3.05, 3.63) is 39.9 Å². The van der Waals surface area contributed by atoms with E-state index in [4.69, 9.17) is 5.11 Å². The molecule has 0 fully saturated rings. The first kappa shape index (κ1) is 15.1. The van der Waals surface area contributed by atoms with Gasteiger partial charge in [0.25, 0.3) is 5.69 Å². The summed E-state index contributed by atoms with van der Waals surface area (Å²) in [5, 5.41) is 18.1. The second kappa shape index (κ2) is 5.79. The van der Waals surface area contributed by atoms with E-state index in [1.54, 1.807) is 0 Å². The molecule has 1 aromatic carbocycles. The Balaban J connectivity index is 3.15. The molecule has 8 heteroatoms. The van der Waals surface area contributed by atoms with Crippen LogP contribution in [0.5, 0.6) is 0 Å². The van der Waals surface area contributed by atoms with Crippen LogP contribution in [0, 0.1) is 10.1 Å². The molecule has 1 aromatic rings. The van der Waals surface area contributed by atoms with E-state index in [1.165, 1.54) is 31.2 Å². The largest absolute Gasteiger partial charge is 0.480 e. The maximum atomic E-state index is 11.9. The van der Waals surface area contributed by atoms with Gasteiger partial charge in [0.05, 0.1) is 10.7 Å². The summed E-state index contributed by atoms with van der Waals surface area (Å²) >= 11 is 0. The second-order valence-corrected chi connectivity index (χ2v) is 6.11. The number of rotatable bonds is 6. The van der Waals surface area contributed by atoms with E-state index in [1.807, 2.05) is 0 Å². The van der Waals surface area contributed by atoms with Crippen LogP contribution in [0.25, 0.3) is 0 Å². The van der Waals surface area contributed by atoms with Crippen LogP contribution < -0.4 is 0 Å². The third-order valence-electron chi connectivity index (χ3n) is 2.62. The maximum Gasteiger partial charge on any atom is 0.321 e. The number of benzene rings is 1.